The lowest BCUT2D eigenvalue weighted by Gasteiger charge is -2.19. The Morgan fingerprint density at radius 3 is 2.65 bits per heavy atom. The van der Waals surface area contributed by atoms with Crippen molar-refractivity contribution >= 4 is 5.91 Å². The second-order valence-electron chi connectivity index (χ2n) is 9.71. The van der Waals surface area contributed by atoms with Gasteiger partial charge in [-0.15, -0.1) is 0 Å². The Labute approximate surface area is 187 Å². The highest BCUT2D eigenvalue weighted by molar-refractivity contribution is 5.75. The van der Waals surface area contributed by atoms with E-state index in [0.29, 0.717) is 24.7 Å². The zero-order valence-electron chi connectivity index (χ0n) is 19.3. The molecule has 3 rings (SSSR count). The molecule has 0 unspecified atom stereocenters. The number of nitrogens with zero attached hydrogens (tertiary/aromatic N) is 1. The van der Waals surface area contributed by atoms with E-state index in [9.17, 15) is 15.0 Å². The SMILES string of the molecule is Cc1ccc(CC[C@H](O)C=C[C@@H]2[C@H]3CC(CCCCC(=O)N(C)C)=C[C@H]3C[C@H]2O)cc1. The average Bonchev–Trinajstić information content (AvgIpc) is 3.25. The fraction of sp³-hybridized carbons (Fsp3) is 0.593. The number of carbonyl (C=O) groups excluding carboxylic acids is 1. The fourth-order valence-electron chi connectivity index (χ4n) is 5.06. The van der Waals surface area contributed by atoms with E-state index in [4.69, 9.17) is 0 Å². The lowest BCUT2D eigenvalue weighted by molar-refractivity contribution is -0.128. The van der Waals surface area contributed by atoms with E-state index < -0.39 is 6.10 Å². The molecular formula is C27H39NO3. The molecule has 4 nitrogen and oxygen atoms in total. The maximum absolute atomic E-state index is 11.7. The lowest BCUT2D eigenvalue weighted by atomic mass is 9.88. The molecule has 170 valence electrons. The summed E-state index contributed by atoms with van der Waals surface area (Å²) < 4.78 is 0. The van der Waals surface area contributed by atoms with Crippen molar-refractivity contribution in [2.75, 3.05) is 14.1 Å². The highest BCUT2D eigenvalue weighted by Gasteiger charge is 2.43. The minimum absolute atomic E-state index is 0.128. The smallest absolute Gasteiger partial charge is 0.222 e. The van der Waals surface area contributed by atoms with Crippen LogP contribution >= 0.6 is 0 Å². The second-order valence-corrected chi connectivity index (χ2v) is 9.71. The van der Waals surface area contributed by atoms with Gasteiger partial charge in [-0.05, 0) is 69.3 Å². The predicted octanol–water partition coefficient (Wildman–Crippen LogP) is 4.44. The van der Waals surface area contributed by atoms with Gasteiger partial charge >= 0.3 is 0 Å². The van der Waals surface area contributed by atoms with Gasteiger partial charge in [-0.1, -0.05) is 53.6 Å². The molecule has 2 aliphatic carbocycles. The van der Waals surface area contributed by atoms with Gasteiger partial charge in [0.1, 0.15) is 0 Å². The molecule has 1 aromatic rings. The van der Waals surface area contributed by atoms with Crippen LogP contribution in [0.15, 0.2) is 48.1 Å². The summed E-state index contributed by atoms with van der Waals surface area (Å²) in [5.41, 5.74) is 3.98. The van der Waals surface area contributed by atoms with Crippen LogP contribution in [0.3, 0.4) is 0 Å². The normalized spacial score (nSPS) is 26.2. The average molecular weight is 426 g/mol. The lowest BCUT2D eigenvalue weighted by Crippen LogP contribution is -2.21. The quantitative estimate of drug-likeness (QED) is 0.430. The van der Waals surface area contributed by atoms with Crippen molar-refractivity contribution in [3.8, 4) is 0 Å². The van der Waals surface area contributed by atoms with Gasteiger partial charge in [0, 0.05) is 26.4 Å². The number of aliphatic hydroxyl groups excluding tert-OH is 2. The summed E-state index contributed by atoms with van der Waals surface area (Å²) in [4.78, 5) is 13.4. The molecule has 4 heteroatoms. The van der Waals surface area contributed by atoms with Crippen molar-refractivity contribution in [3.63, 3.8) is 0 Å². The summed E-state index contributed by atoms with van der Waals surface area (Å²) in [5, 5.41) is 21.0. The molecule has 0 aromatic heterocycles. The van der Waals surface area contributed by atoms with E-state index in [1.165, 1.54) is 16.7 Å². The zero-order chi connectivity index (χ0) is 22.4. The summed E-state index contributed by atoms with van der Waals surface area (Å²) in [6.07, 6.45) is 12.6. The largest absolute Gasteiger partial charge is 0.392 e. The second kappa shape index (κ2) is 11.1. The molecule has 0 heterocycles. The number of amides is 1. The Morgan fingerprint density at radius 1 is 1.19 bits per heavy atom. The highest BCUT2D eigenvalue weighted by atomic mass is 16.3. The number of aryl methyl sites for hydroxylation is 2. The number of allylic oxidation sites excluding steroid dienone is 2. The Morgan fingerprint density at radius 2 is 1.94 bits per heavy atom. The first-order valence-electron chi connectivity index (χ1n) is 11.8. The summed E-state index contributed by atoms with van der Waals surface area (Å²) in [5.74, 6) is 1.23. The summed E-state index contributed by atoms with van der Waals surface area (Å²) >= 11 is 0. The Hall–Kier alpha value is -1.91. The van der Waals surface area contributed by atoms with Gasteiger partial charge < -0.3 is 15.1 Å². The van der Waals surface area contributed by atoms with Gasteiger partial charge in [0.15, 0.2) is 0 Å². The minimum atomic E-state index is -0.476. The van der Waals surface area contributed by atoms with Crippen molar-refractivity contribution < 1.29 is 15.0 Å². The maximum atomic E-state index is 11.7. The third-order valence-electron chi connectivity index (χ3n) is 6.99. The van der Waals surface area contributed by atoms with Crippen LogP contribution in [-0.2, 0) is 11.2 Å². The highest BCUT2D eigenvalue weighted by Crippen LogP contribution is 2.48. The molecule has 0 spiro atoms. The summed E-state index contributed by atoms with van der Waals surface area (Å²) in [7, 11) is 3.61. The first kappa shape index (κ1) is 23.7. The van der Waals surface area contributed by atoms with E-state index in [2.05, 4.69) is 43.3 Å². The Bertz CT molecular complexity index is 780. The molecular weight excluding hydrogens is 386 g/mol. The number of benzene rings is 1. The summed E-state index contributed by atoms with van der Waals surface area (Å²) in [6, 6.07) is 8.47. The molecule has 0 aliphatic heterocycles. The number of rotatable bonds is 10. The van der Waals surface area contributed by atoms with E-state index >= 15 is 0 Å². The first-order chi connectivity index (χ1) is 14.8. The molecule has 2 aliphatic rings. The van der Waals surface area contributed by atoms with Crippen molar-refractivity contribution in [1.82, 2.24) is 4.90 Å². The van der Waals surface area contributed by atoms with Crippen LogP contribution in [0.2, 0.25) is 0 Å². The molecule has 5 atom stereocenters. The standard InChI is InChI=1S/C27H39NO3/c1-19-8-10-20(11-9-19)12-13-23(29)14-15-24-25-17-21(16-22(25)18-26(24)30)6-4-5-7-27(31)28(2)3/h8-11,14-16,22-26,29-30H,4-7,12-13,17-18H2,1-3H3/t22-,23-,24+,25-,26+/m0/s1. The third-order valence-corrected chi connectivity index (χ3v) is 6.99. The minimum Gasteiger partial charge on any atom is -0.392 e. The van der Waals surface area contributed by atoms with E-state index in [-0.39, 0.29) is 17.9 Å². The number of carbonyl (C=O) groups is 1. The molecule has 1 fully saturated rings. The van der Waals surface area contributed by atoms with Gasteiger partial charge in [0.2, 0.25) is 5.91 Å². The Balaban J connectivity index is 1.43. The molecule has 1 aromatic carbocycles. The molecule has 0 radical (unpaired) electrons. The summed E-state index contributed by atoms with van der Waals surface area (Å²) in [6.45, 7) is 2.08. The van der Waals surface area contributed by atoms with Gasteiger partial charge in [-0.3, -0.25) is 4.79 Å². The van der Waals surface area contributed by atoms with Crippen LogP contribution in [0, 0.1) is 24.7 Å². The van der Waals surface area contributed by atoms with Crippen LogP contribution < -0.4 is 0 Å². The van der Waals surface area contributed by atoms with E-state index in [1.54, 1.807) is 19.0 Å². The molecule has 2 N–H and O–H groups in total. The molecule has 1 saturated carbocycles. The van der Waals surface area contributed by atoms with Crippen molar-refractivity contribution in [2.45, 2.75) is 70.5 Å². The molecule has 0 bridgehead atoms. The molecule has 1 amide bonds. The van der Waals surface area contributed by atoms with Crippen LogP contribution in [-0.4, -0.2) is 47.3 Å². The van der Waals surface area contributed by atoms with Crippen LogP contribution in [0.25, 0.3) is 0 Å². The van der Waals surface area contributed by atoms with Crippen molar-refractivity contribution in [2.24, 2.45) is 17.8 Å². The van der Waals surface area contributed by atoms with Gasteiger partial charge in [0.05, 0.1) is 12.2 Å². The number of hydrogen-bond acceptors (Lipinski definition) is 3. The van der Waals surface area contributed by atoms with Gasteiger partial charge in [-0.2, -0.15) is 0 Å². The van der Waals surface area contributed by atoms with Crippen molar-refractivity contribution in [1.29, 1.82) is 0 Å². The van der Waals surface area contributed by atoms with Gasteiger partial charge in [-0.25, -0.2) is 0 Å². The number of hydrogen-bond donors (Lipinski definition) is 2. The van der Waals surface area contributed by atoms with Crippen LogP contribution in [0.5, 0.6) is 0 Å². The first-order valence-corrected chi connectivity index (χ1v) is 11.8. The zero-order valence-corrected chi connectivity index (χ0v) is 19.3. The number of aliphatic hydroxyl groups is 2. The predicted molar refractivity (Wildman–Crippen MR) is 126 cm³/mol. The van der Waals surface area contributed by atoms with E-state index in [0.717, 1.165) is 38.5 Å². The van der Waals surface area contributed by atoms with Crippen LogP contribution in [0.1, 0.15) is 56.1 Å². The molecule has 0 saturated heterocycles. The molecule has 31 heavy (non-hydrogen) atoms. The van der Waals surface area contributed by atoms with Crippen molar-refractivity contribution in [3.05, 3.63) is 59.2 Å². The third kappa shape index (κ3) is 6.78. The van der Waals surface area contributed by atoms with Gasteiger partial charge in [0.25, 0.3) is 0 Å². The topological polar surface area (TPSA) is 60.8 Å². The number of fused-ring (bicyclic) bond motifs is 1. The van der Waals surface area contributed by atoms with E-state index in [1.807, 2.05) is 6.08 Å². The number of unbranched alkanes of at least 4 members (excludes halogenated alkanes) is 1. The monoisotopic (exact) mass is 425 g/mol. The van der Waals surface area contributed by atoms with Crippen LogP contribution in [0.4, 0.5) is 0 Å². The maximum Gasteiger partial charge on any atom is 0.222 e. The Kier molecular flexibility index (Phi) is 8.50. The fourth-order valence-corrected chi connectivity index (χ4v) is 5.06.